The maximum atomic E-state index is 9.59. The van der Waals surface area contributed by atoms with Crippen LogP contribution in [-0.2, 0) is 0 Å². The third-order valence-electron chi connectivity index (χ3n) is 4.16. The summed E-state index contributed by atoms with van der Waals surface area (Å²) >= 11 is 1.83. The number of fused-ring (bicyclic) bond motifs is 1. The zero-order valence-electron chi connectivity index (χ0n) is 10.9. The van der Waals surface area contributed by atoms with Crippen LogP contribution in [-0.4, -0.2) is 5.11 Å². The molecule has 0 amide bonds. The molecule has 18 heavy (non-hydrogen) atoms. The molecule has 96 valence electrons. The second kappa shape index (κ2) is 4.93. The van der Waals surface area contributed by atoms with Gasteiger partial charge in [0, 0.05) is 9.58 Å². The van der Waals surface area contributed by atoms with Crippen molar-refractivity contribution in [3.63, 3.8) is 0 Å². The summed E-state index contributed by atoms with van der Waals surface area (Å²) < 4.78 is 1.24. The minimum Gasteiger partial charge on any atom is -0.508 e. The van der Waals surface area contributed by atoms with Crippen LogP contribution < -0.4 is 0 Å². The highest BCUT2D eigenvalue weighted by Crippen LogP contribution is 2.42. The molecule has 1 aromatic carbocycles. The zero-order valence-corrected chi connectivity index (χ0v) is 11.7. The topological polar surface area (TPSA) is 20.2 Å². The SMILES string of the molecule is Cc1sc2cc(O)ccc2c1C1CCCCCC1. The van der Waals surface area contributed by atoms with E-state index in [0.717, 1.165) is 5.92 Å². The molecule has 1 N–H and O–H groups in total. The Morgan fingerprint density at radius 2 is 1.83 bits per heavy atom. The number of phenolic OH excluding ortho intramolecular Hbond substituents is 1. The van der Waals surface area contributed by atoms with E-state index in [-0.39, 0.29) is 0 Å². The predicted molar refractivity (Wildman–Crippen MR) is 78.7 cm³/mol. The summed E-state index contributed by atoms with van der Waals surface area (Å²) in [5.74, 6) is 1.13. The van der Waals surface area contributed by atoms with Crippen LogP contribution in [0.4, 0.5) is 0 Å². The molecule has 1 aliphatic rings. The molecule has 0 saturated heterocycles. The minimum atomic E-state index is 0.385. The Morgan fingerprint density at radius 3 is 2.56 bits per heavy atom. The van der Waals surface area contributed by atoms with E-state index in [1.165, 1.54) is 53.5 Å². The average molecular weight is 260 g/mol. The van der Waals surface area contributed by atoms with Crippen molar-refractivity contribution in [3.8, 4) is 5.75 Å². The summed E-state index contributed by atoms with van der Waals surface area (Å²) in [5.41, 5.74) is 1.57. The monoisotopic (exact) mass is 260 g/mol. The van der Waals surface area contributed by atoms with Crippen molar-refractivity contribution in [2.24, 2.45) is 0 Å². The Morgan fingerprint density at radius 1 is 1.11 bits per heavy atom. The largest absolute Gasteiger partial charge is 0.508 e. The van der Waals surface area contributed by atoms with Crippen LogP contribution in [0.1, 0.15) is 54.9 Å². The molecular weight excluding hydrogens is 240 g/mol. The molecule has 1 heterocycles. The Hall–Kier alpha value is -1.02. The maximum absolute atomic E-state index is 9.59. The lowest BCUT2D eigenvalue weighted by Gasteiger charge is -2.15. The Kier molecular flexibility index (Phi) is 3.29. The summed E-state index contributed by atoms with van der Waals surface area (Å²) in [4.78, 5) is 1.45. The number of thiophene rings is 1. The molecule has 1 fully saturated rings. The molecule has 1 saturated carbocycles. The van der Waals surface area contributed by atoms with Crippen molar-refractivity contribution >= 4 is 21.4 Å². The van der Waals surface area contributed by atoms with E-state index in [1.807, 2.05) is 23.5 Å². The molecule has 2 heteroatoms. The molecule has 0 radical (unpaired) electrons. The van der Waals surface area contributed by atoms with E-state index in [4.69, 9.17) is 0 Å². The summed E-state index contributed by atoms with van der Waals surface area (Å²) in [6.07, 6.45) is 8.23. The highest BCUT2D eigenvalue weighted by Gasteiger charge is 2.20. The van der Waals surface area contributed by atoms with E-state index in [9.17, 15) is 5.11 Å². The lowest BCUT2D eigenvalue weighted by atomic mass is 9.90. The Balaban J connectivity index is 2.06. The first-order valence-corrected chi connectivity index (χ1v) is 7.79. The normalized spacial score (nSPS) is 18.1. The highest BCUT2D eigenvalue weighted by atomic mass is 32.1. The molecule has 1 aliphatic carbocycles. The van der Waals surface area contributed by atoms with Crippen molar-refractivity contribution in [2.45, 2.75) is 51.4 Å². The van der Waals surface area contributed by atoms with Crippen LogP contribution in [0.15, 0.2) is 18.2 Å². The van der Waals surface area contributed by atoms with E-state index in [0.29, 0.717) is 5.75 Å². The quantitative estimate of drug-likeness (QED) is 0.685. The molecule has 0 unspecified atom stereocenters. The lowest BCUT2D eigenvalue weighted by Crippen LogP contribution is -1.97. The third-order valence-corrected chi connectivity index (χ3v) is 5.24. The first-order valence-electron chi connectivity index (χ1n) is 6.98. The minimum absolute atomic E-state index is 0.385. The average Bonchev–Trinajstić information content (AvgIpc) is 2.54. The smallest absolute Gasteiger partial charge is 0.117 e. The molecular formula is C16H20OS. The number of benzene rings is 1. The maximum Gasteiger partial charge on any atom is 0.117 e. The van der Waals surface area contributed by atoms with E-state index in [2.05, 4.69) is 13.0 Å². The number of phenols is 1. The fourth-order valence-electron chi connectivity index (χ4n) is 3.30. The van der Waals surface area contributed by atoms with Gasteiger partial charge in [-0.25, -0.2) is 0 Å². The number of hydrogen-bond acceptors (Lipinski definition) is 2. The predicted octanol–water partition coefficient (Wildman–Crippen LogP) is 5.35. The van der Waals surface area contributed by atoms with Crippen LogP contribution in [0, 0.1) is 6.92 Å². The third kappa shape index (κ3) is 2.14. The molecule has 0 aliphatic heterocycles. The van der Waals surface area contributed by atoms with Gasteiger partial charge in [-0.2, -0.15) is 0 Å². The van der Waals surface area contributed by atoms with Crippen molar-refractivity contribution in [2.75, 3.05) is 0 Å². The Bertz CT molecular complexity index is 547. The van der Waals surface area contributed by atoms with Crippen molar-refractivity contribution < 1.29 is 5.11 Å². The van der Waals surface area contributed by atoms with Crippen molar-refractivity contribution in [1.29, 1.82) is 0 Å². The summed E-state index contributed by atoms with van der Waals surface area (Å²) in [6.45, 7) is 2.24. The zero-order chi connectivity index (χ0) is 12.5. The van der Waals surface area contributed by atoms with Gasteiger partial charge in [0.05, 0.1) is 0 Å². The van der Waals surface area contributed by atoms with Gasteiger partial charge < -0.3 is 5.11 Å². The van der Waals surface area contributed by atoms with Gasteiger partial charge in [-0.05, 0) is 54.8 Å². The van der Waals surface area contributed by atoms with Gasteiger partial charge in [-0.15, -0.1) is 11.3 Å². The molecule has 1 nitrogen and oxygen atoms in total. The van der Waals surface area contributed by atoms with Gasteiger partial charge in [-0.3, -0.25) is 0 Å². The molecule has 2 aromatic rings. The van der Waals surface area contributed by atoms with E-state index < -0.39 is 0 Å². The van der Waals surface area contributed by atoms with Gasteiger partial charge in [0.1, 0.15) is 5.75 Å². The van der Waals surface area contributed by atoms with Gasteiger partial charge in [0.15, 0.2) is 0 Å². The van der Waals surface area contributed by atoms with Crippen LogP contribution in [0.25, 0.3) is 10.1 Å². The van der Waals surface area contributed by atoms with Gasteiger partial charge in [0.2, 0.25) is 0 Å². The molecule has 0 spiro atoms. The fourth-order valence-corrected chi connectivity index (χ4v) is 4.49. The van der Waals surface area contributed by atoms with Gasteiger partial charge >= 0.3 is 0 Å². The molecule has 0 atom stereocenters. The first-order chi connectivity index (χ1) is 8.75. The van der Waals surface area contributed by atoms with Gasteiger partial charge in [-0.1, -0.05) is 25.7 Å². The fraction of sp³-hybridized carbons (Fsp3) is 0.500. The molecule has 3 rings (SSSR count). The van der Waals surface area contributed by atoms with Gasteiger partial charge in [0.25, 0.3) is 0 Å². The Labute approximate surface area is 112 Å². The highest BCUT2D eigenvalue weighted by molar-refractivity contribution is 7.19. The summed E-state index contributed by atoms with van der Waals surface area (Å²) in [7, 11) is 0. The van der Waals surface area contributed by atoms with Crippen LogP contribution in [0.5, 0.6) is 5.75 Å². The number of aryl methyl sites for hydroxylation is 1. The standard InChI is InChI=1S/C16H20OS/c1-11-16(12-6-4-2-3-5-7-12)14-9-8-13(17)10-15(14)18-11/h8-10,12,17H,2-7H2,1H3. The number of hydrogen-bond donors (Lipinski definition) is 1. The lowest BCUT2D eigenvalue weighted by molar-refractivity contribution is 0.476. The first kappa shape index (κ1) is 12.0. The van der Waals surface area contributed by atoms with Crippen LogP contribution in [0.3, 0.4) is 0 Å². The number of rotatable bonds is 1. The second-order valence-corrected chi connectivity index (χ2v) is 6.70. The summed E-state index contributed by atoms with van der Waals surface area (Å²) in [5, 5.41) is 11.0. The van der Waals surface area contributed by atoms with Crippen LogP contribution >= 0.6 is 11.3 Å². The van der Waals surface area contributed by atoms with E-state index in [1.54, 1.807) is 5.56 Å². The van der Waals surface area contributed by atoms with Crippen molar-refractivity contribution in [3.05, 3.63) is 28.6 Å². The van der Waals surface area contributed by atoms with Crippen molar-refractivity contribution in [1.82, 2.24) is 0 Å². The van der Waals surface area contributed by atoms with Crippen LogP contribution in [0.2, 0.25) is 0 Å². The molecule has 0 bridgehead atoms. The molecule has 1 aromatic heterocycles. The second-order valence-electron chi connectivity index (χ2n) is 5.44. The van der Waals surface area contributed by atoms with E-state index >= 15 is 0 Å². The summed E-state index contributed by atoms with van der Waals surface area (Å²) in [6, 6.07) is 5.84. The number of aromatic hydroxyl groups is 1.